The molecule has 4 rings (SSSR count). The molecule has 34 heavy (non-hydrogen) atoms. The summed E-state index contributed by atoms with van der Waals surface area (Å²) in [4.78, 5) is 14.3. The van der Waals surface area contributed by atoms with Crippen LogP contribution < -0.4 is 5.32 Å². The van der Waals surface area contributed by atoms with Crippen molar-refractivity contribution in [3.05, 3.63) is 60.2 Å². The summed E-state index contributed by atoms with van der Waals surface area (Å²) in [6, 6.07) is 12.2. The predicted molar refractivity (Wildman–Crippen MR) is 123 cm³/mol. The van der Waals surface area contributed by atoms with Crippen molar-refractivity contribution < 1.29 is 26.4 Å². The normalized spacial score (nSPS) is 19.2. The van der Waals surface area contributed by atoms with Gasteiger partial charge in [0.25, 0.3) is 0 Å². The van der Waals surface area contributed by atoms with Crippen LogP contribution in [0.5, 0.6) is 0 Å². The van der Waals surface area contributed by atoms with Crippen molar-refractivity contribution in [2.75, 3.05) is 18.4 Å². The standard InChI is InChI=1S/C24H28F3N3O3S/c1-17(23(31)28-19-7-3-2-4-8-19)29-14-12-21(13-15-29)30(20-10-11-20)34(32,33)22-9-5-6-18(16-22)24(25,26)27/h2-9,16-17,20-21H,10-15H2,1H3,(H,28,31). The molecule has 0 radical (unpaired) electrons. The third-order valence-electron chi connectivity index (χ3n) is 6.47. The number of para-hydroxylation sites is 1. The molecule has 1 amide bonds. The number of likely N-dealkylation sites (tertiary alicyclic amines) is 1. The zero-order valence-electron chi connectivity index (χ0n) is 18.8. The summed E-state index contributed by atoms with van der Waals surface area (Å²) < 4.78 is 67.7. The zero-order chi connectivity index (χ0) is 24.5. The summed E-state index contributed by atoms with van der Waals surface area (Å²) in [5.41, 5.74) is -0.265. The number of sulfonamides is 1. The van der Waals surface area contributed by atoms with Crippen LogP contribution in [0.2, 0.25) is 0 Å². The first-order valence-electron chi connectivity index (χ1n) is 11.4. The number of hydrogen-bond acceptors (Lipinski definition) is 4. The summed E-state index contributed by atoms with van der Waals surface area (Å²) in [6.07, 6.45) is -2.18. The molecular weight excluding hydrogens is 467 g/mol. The van der Waals surface area contributed by atoms with E-state index in [1.54, 1.807) is 0 Å². The molecule has 2 fully saturated rings. The fourth-order valence-corrected chi connectivity index (χ4v) is 6.41. The Morgan fingerprint density at radius 2 is 1.62 bits per heavy atom. The first kappa shape index (κ1) is 24.7. The van der Waals surface area contributed by atoms with Gasteiger partial charge in [-0.15, -0.1) is 0 Å². The van der Waals surface area contributed by atoms with E-state index in [1.807, 2.05) is 42.2 Å². The van der Waals surface area contributed by atoms with E-state index in [-0.39, 0.29) is 22.9 Å². The minimum atomic E-state index is -4.61. The number of alkyl halides is 3. The molecule has 1 aliphatic carbocycles. The second-order valence-electron chi connectivity index (χ2n) is 8.89. The summed E-state index contributed by atoms with van der Waals surface area (Å²) in [5, 5.41) is 2.89. The Morgan fingerprint density at radius 3 is 2.21 bits per heavy atom. The van der Waals surface area contributed by atoms with Gasteiger partial charge in [-0.3, -0.25) is 9.69 Å². The SMILES string of the molecule is CC(C(=O)Nc1ccccc1)N1CCC(N(C2CC2)S(=O)(=O)c2cccc(C(F)(F)F)c2)CC1. The maximum Gasteiger partial charge on any atom is 0.416 e. The van der Waals surface area contributed by atoms with Crippen LogP contribution in [0, 0.1) is 0 Å². The van der Waals surface area contributed by atoms with Crippen molar-refractivity contribution in [1.29, 1.82) is 0 Å². The van der Waals surface area contributed by atoms with Gasteiger partial charge >= 0.3 is 6.18 Å². The lowest BCUT2D eigenvalue weighted by Crippen LogP contribution is -2.52. The molecule has 6 nitrogen and oxygen atoms in total. The highest BCUT2D eigenvalue weighted by molar-refractivity contribution is 7.89. The Morgan fingerprint density at radius 1 is 1.00 bits per heavy atom. The van der Waals surface area contributed by atoms with Crippen LogP contribution >= 0.6 is 0 Å². The summed E-state index contributed by atoms with van der Waals surface area (Å²) in [5.74, 6) is -0.139. The molecule has 1 heterocycles. The highest BCUT2D eigenvalue weighted by atomic mass is 32.2. The van der Waals surface area contributed by atoms with Gasteiger partial charge < -0.3 is 5.32 Å². The van der Waals surface area contributed by atoms with Crippen molar-refractivity contribution in [2.45, 2.75) is 61.8 Å². The van der Waals surface area contributed by atoms with E-state index in [9.17, 15) is 26.4 Å². The molecule has 1 saturated carbocycles. The van der Waals surface area contributed by atoms with Crippen LogP contribution in [0.3, 0.4) is 0 Å². The van der Waals surface area contributed by atoms with Gasteiger partial charge in [0, 0.05) is 30.9 Å². The van der Waals surface area contributed by atoms with Gasteiger partial charge in [0.05, 0.1) is 16.5 Å². The first-order chi connectivity index (χ1) is 16.1. The van der Waals surface area contributed by atoms with Crippen molar-refractivity contribution in [3.63, 3.8) is 0 Å². The van der Waals surface area contributed by atoms with Crippen LogP contribution in [0.1, 0.15) is 38.2 Å². The Balaban J connectivity index is 1.44. The van der Waals surface area contributed by atoms with Gasteiger partial charge in [0.1, 0.15) is 0 Å². The largest absolute Gasteiger partial charge is 0.416 e. The molecule has 1 aliphatic heterocycles. The second kappa shape index (κ2) is 9.67. The quantitative estimate of drug-likeness (QED) is 0.620. The molecule has 0 bridgehead atoms. The lowest BCUT2D eigenvalue weighted by molar-refractivity contribution is -0.137. The Hall–Kier alpha value is -2.43. The fraction of sp³-hybridized carbons (Fsp3) is 0.458. The van der Waals surface area contributed by atoms with Crippen LogP contribution in [-0.4, -0.2) is 54.7 Å². The van der Waals surface area contributed by atoms with Crippen LogP contribution in [-0.2, 0) is 21.0 Å². The third-order valence-corrected chi connectivity index (χ3v) is 8.47. The number of anilines is 1. The number of carbonyl (C=O) groups excluding carboxylic acids is 1. The predicted octanol–water partition coefficient (Wildman–Crippen LogP) is 4.35. The number of nitrogens with zero attached hydrogens (tertiary/aromatic N) is 2. The molecule has 1 N–H and O–H groups in total. The number of benzene rings is 2. The first-order valence-corrected chi connectivity index (χ1v) is 12.8. The van der Waals surface area contributed by atoms with E-state index in [0.717, 1.165) is 18.2 Å². The van der Waals surface area contributed by atoms with Gasteiger partial charge in [-0.25, -0.2) is 8.42 Å². The smallest absolute Gasteiger partial charge is 0.325 e. The van der Waals surface area contributed by atoms with Crippen molar-refractivity contribution in [2.24, 2.45) is 0 Å². The molecule has 10 heteroatoms. The highest BCUT2D eigenvalue weighted by Gasteiger charge is 2.44. The molecule has 1 unspecified atom stereocenters. The lowest BCUT2D eigenvalue weighted by Gasteiger charge is -2.39. The van der Waals surface area contributed by atoms with E-state index in [0.29, 0.717) is 44.5 Å². The van der Waals surface area contributed by atoms with Gasteiger partial charge in [-0.05, 0) is 62.9 Å². The number of nitrogens with one attached hydrogen (secondary N) is 1. The van der Waals surface area contributed by atoms with Gasteiger partial charge in [-0.2, -0.15) is 17.5 Å². The Labute approximate surface area is 197 Å². The third kappa shape index (κ3) is 5.45. The van der Waals surface area contributed by atoms with Crippen molar-refractivity contribution >= 4 is 21.6 Å². The average molecular weight is 496 g/mol. The van der Waals surface area contributed by atoms with E-state index in [2.05, 4.69) is 5.32 Å². The Kier molecular flexibility index (Phi) is 7.02. The fourth-order valence-electron chi connectivity index (χ4n) is 4.44. The number of piperidine rings is 1. The number of carbonyl (C=O) groups is 1. The van der Waals surface area contributed by atoms with Crippen molar-refractivity contribution in [1.82, 2.24) is 9.21 Å². The maximum atomic E-state index is 13.4. The molecule has 1 saturated heterocycles. The maximum absolute atomic E-state index is 13.4. The number of halogens is 3. The average Bonchev–Trinajstić information content (AvgIpc) is 3.64. The van der Waals surface area contributed by atoms with E-state index in [1.165, 1.54) is 10.4 Å². The number of hydrogen-bond donors (Lipinski definition) is 1. The molecule has 0 spiro atoms. The van der Waals surface area contributed by atoms with Gasteiger partial charge in [0.15, 0.2) is 0 Å². The number of rotatable bonds is 7. The minimum absolute atomic E-state index is 0.139. The van der Waals surface area contributed by atoms with E-state index < -0.39 is 27.8 Å². The zero-order valence-corrected chi connectivity index (χ0v) is 19.6. The van der Waals surface area contributed by atoms with Crippen molar-refractivity contribution in [3.8, 4) is 0 Å². The van der Waals surface area contributed by atoms with E-state index in [4.69, 9.17) is 0 Å². The molecular formula is C24H28F3N3O3S. The summed E-state index contributed by atoms with van der Waals surface area (Å²) >= 11 is 0. The van der Waals surface area contributed by atoms with Crippen LogP contribution in [0.15, 0.2) is 59.5 Å². The molecule has 0 aromatic heterocycles. The summed E-state index contributed by atoms with van der Waals surface area (Å²) in [6.45, 7) is 2.86. The van der Waals surface area contributed by atoms with E-state index >= 15 is 0 Å². The van der Waals surface area contributed by atoms with Crippen LogP contribution in [0.4, 0.5) is 18.9 Å². The minimum Gasteiger partial charge on any atom is -0.325 e. The molecule has 2 aliphatic rings. The second-order valence-corrected chi connectivity index (χ2v) is 10.7. The van der Waals surface area contributed by atoms with Crippen LogP contribution in [0.25, 0.3) is 0 Å². The summed E-state index contributed by atoms with van der Waals surface area (Å²) in [7, 11) is -4.08. The number of amides is 1. The van der Waals surface area contributed by atoms with Gasteiger partial charge in [-0.1, -0.05) is 24.3 Å². The molecule has 1 atom stereocenters. The lowest BCUT2D eigenvalue weighted by atomic mass is 10.0. The molecule has 2 aromatic carbocycles. The molecule has 184 valence electrons. The monoisotopic (exact) mass is 495 g/mol. The Bertz CT molecular complexity index is 1110. The van der Waals surface area contributed by atoms with Gasteiger partial charge in [0.2, 0.25) is 15.9 Å². The molecule has 2 aromatic rings. The topological polar surface area (TPSA) is 69.7 Å². The highest BCUT2D eigenvalue weighted by Crippen LogP contribution is 2.38.